The molecule has 1 nitrogen and oxygen atoms in total. The number of hydrogen-bond acceptors (Lipinski definition) is 1. The molecule has 2 N–H and O–H groups in total. The second-order valence-electron chi connectivity index (χ2n) is 5.45. The van der Waals surface area contributed by atoms with Crippen LogP contribution in [0.1, 0.15) is 55.6 Å². The highest BCUT2D eigenvalue weighted by Gasteiger charge is 2.23. The van der Waals surface area contributed by atoms with Crippen LogP contribution < -0.4 is 5.73 Å². The Balaban J connectivity index is 2.17. The van der Waals surface area contributed by atoms with Crippen LogP contribution in [0.4, 0.5) is 0 Å². The number of nitrogens with two attached hydrogens (primary N) is 1. The van der Waals surface area contributed by atoms with Crippen molar-refractivity contribution in [1.29, 1.82) is 0 Å². The van der Waals surface area contributed by atoms with Gasteiger partial charge in [0.1, 0.15) is 0 Å². The number of benzene rings is 1. The Morgan fingerprint density at radius 2 is 1.76 bits per heavy atom. The van der Waals surface area contributed by atoms with E-state index in [-0.39, 0.29) is 0 Å². The molecule has 94 valence electrons. The van der Waals surface area contributed by atoms with Gasteiger partial charge in [0.05, 0.1) is 0 Å². The normalized spacial score (nSPS) is 19.9. The molecule has 1 aromatic carbocycles. The molecular weight excluding hydrogens is 206 g/mol. The van der Waals surface area contributed by atoms with Gasteiger partial charge in [-0.2, -0.15) is 0 Å². The fourth-order valence-corrected chi connectivity index (χ4v) is 3.29. The maximum Gasteiger partial charge on any atom is -0.000546 e. The molecule has 0 bridgehead atoms. The van der Waals surface area contributed by atoms with E-state index >= 15 is 0 Å². The molecule has 0 saturated heterocycles. The largest absolute Gasteiger partial charge is 0.330 e. The van der Waals surface area contributed by atoms with E-state index in [0.29, 0.717) is 5.92 Å². The molecule has 1 saturated carbocycles. The van der Waals surface area contributed by atoms with Crippen molar-refractivity contribution in [1.82, 2.24) is 0 Å². The van der Waals surface area contributed by atoms with Crippen LogP contribution in [0.3, 0.4) is 0 Å². The molecule has 0 radical (unpaired) electrons. The molecule has 1 unspecified atom stereocenters. The van der Waals surface area contributed by atoms with Crippen LogP contribution in [-0.4, -0.2) is 6.54 Å². The van der Waals surface area contributed by atoms with E-state index in [4.69, 9.17) is 5.73 Å². The molecule has 0 amide bonds. The second kappa shape index (κ2) is 6.20. The van der Waals surface area contributed by atoms with Gasteiger partial charge >= 0.3 is 0 Å². The van der Waals surface area contributed by atoms with E-state index in [1.165, 1.54) is 49.7 Å². The van der Waals surface area contributed by atoms with Gasteiger partial charge in [-0.3, -0.25) is 0 Å². The summed E-state index contributed by atoms with van der Waals surface area (Å²) in [5.41, 5.74) is 8.95. The smallest absolute Gasteiger partial charge is 0.000546 e. The Morgan fingerprint density at radius 3 is 2.35 bits per heavy atom. The van der Waals surface area contributed by atoms with E-state index in [1.807, 2.05) is 0 Å². The molecular formula is C16H25N. The van der Waals surface area contributed by atoms with Gasteiger partial charge in [0.25, 0.3) is 0 Å². The zero-order chi connectivity index (χ0) is 12.1. The van der Waals surface area contributed by atoms with Gasteiger partial charge in [0.2, 0.25) is 0 Å². The first-order valence-electron chi connectivity index (χ1n) is 7.08. The fraction of sp³-hybridized carbons (Fsp3) is 0.625. The Morgan fingerprint density at radius 1 is 1.12 bits per heavy atom. The third-order valence-electron chi connectivity index (χ3n) is 4.31. The first-order chi connectivity index (χ1) is 8.33. The van der Waals surface area contributed by atoms with E-state index < -0.39 is 0 Å². The number of hydrogen-bond donors (Lipinski definition) is 1. The monoisotopic (exact) mass is 231 g/mol. The van der Waals surface area contributed by atoms with Gasteiger partial charge in [-0.15, -0.1) is 0 Å². The van der Waals surface area contributed by atoms with E-state index in [0.717, 1.165) is 12.5 Å². The minimum Gasteiger partial charge on any atom is -0.330 e. The fourth-order valence-electron chi connectivity index (χ4n) is 3.29. The molecule has 1 aromatic rings. The van der Waals surface area contributed by atoms with Crippen molar-refractivity contribution in [3.63, 3.8) is 0 Å². The van der Waals surface area contributed by atoms with Gasteiger partial charge in [-0.05, 0) is 49.3 Å². The van der Waals surface area contributed by atoms with Crippen LogP contribution in [0.15, 0.2) is 24.3 Å². The van der Waals surface area contributed by atoms with Crippen LogP contribution in [0, 0.1) is 12.8 Å². The maximum absolute atomic E-state index is 6.06. The SMILES string of the molecule is Cc1ccccc1C(CN)C1CCCCCC1. The highest BCUT2D eigenvalue weighted by Crippen LogP contribution is 2.35. The Bertz CT molecular complexity index is 337. The quantitative estimate of drug-likeness (QED) is 0.782. The molecule has 17 heavy (non-hydrogen) atoms. The summed E-state index contributed by atoms with van der Waals surface area (Å²) in [4.78, 5) is 0. The van der Waals surface area contributed by atoms with Crippen molar-refractivity contribution < 1.29 is 0 Å². The third kappa shape index (κ3) is 3.10. The van der Waals surface area contributed by atoms with Crippen molar-refractivity contribution in [3.05, 3.63) is 35.4 Å². The Hall–Kier alpha value is -0.820. The summed E-state index contributed by atoms with van der Waals surface area (Å²) in [5, 5.41) is 0. The van der Waals surface area contributed by atoms with E-state index in [1.54, 1.807) is 0 Å². The lowest BCUT2D eigenvalue weighted by molar-refractivity contribution is 0.379. The predicted octanol–water partition coefficient (Wildman–Crippen LogP) is 4.01. The lowest BCUT2D eigenvalue weighted by Gasteiger charge is -2.26. The van der Waals surface area contributed by atoms with Gasteiger partial charge in [-0.1, -0.05) is 49.9 Å². The molecule has 0 heterocycles. The van der Waals surface area contributed by atoms with Crippen LogP contribution in [0.2, 0.25) is 0 Å². The summed E-state index contributed by atoms with van der Waals surface area (Å²) in [5.74, 6) is 1.39. The summed E-state index contributed by atoms with van der Waals surface area (Å²) < 4.78 is 0. The Labute approximate surface area is 105 Å². The van der Waals surface area contributed by atoms with Crippen molar-refractivity contribution in [2.24, 2.45) is 11.7 Å². The van der Waals surface area contributed by atoms with Crippen molar-refractivity contribution >= 4 is 0 Å². The number of rotatable bonds is 3. The third-order valence-corrected chi connectivity index (χ3v) is 4.31. The number of aryl methyl sites for hydroxylation is 1. The average molecular weight is 231 g/mol. The molecule has 0 aliphatic heterocycles. The molecule has 0 aromatic heterocycles. The van der Waals surface area contributed by atoms with Gasteiger partial charge < -0.3 is 5.73 Å². The predicted molar refractivity (Wildman–Crippen MR) is 74.2 cm³/mol. The molecule has 1 fully saturated rings. The molecule has 1 heteroatoms. The zero-order valence-corrected chi connectivity index (χ0v) is 11.0. The van der Waals surface area contributed by atoms with Crippen LogP contribution in [0.25, 0.3) is 0 Å². The zero-order valence-electron chi connectivity index (χ0n) is 11.0. The second-order valence-corrected chi connectivity index (χ2v) is 5.45. The average Bonchev–Trinajstić information content (AvgIpc) is 2.62. The summed E-state index contributed by atoms with van der Waals surface area (Å²) in [6.07, 6.45) is 8.37. The minimum absolute atomic E-state index is 0.578. The van der Waals surface area contributed by atoms with E-state index in [9.17, 15) is 0 Å². The lowest BCUT2D eigenvalue weighted by Crippen LogP contribution is -2.22. The topological polar surface area (TPSA) is 26.0 Å². The van der Waals surface area contributed by atoms with Gasteiger partial charge in [-0.25, -0.2) is 0 Å². The van der Waals surface area contributed by atoms with Crippen LogP contribution in [-0.2, 0) is 0 Å². The highest BCUT2D eigenvalue weighted by molar-refractivity contribution is 5.30. The molecule has 1 atom stereocenters. The van der Waals surface area contributed by atoms with Crippen molar-refractivity contribution in [3.8, 4) is 0 Å². The first kappa shape index (κ1) is 12.6. The molecule has 2 rings (SSSR count). The van der Waals surface area contributed by atoms with Gasteiger partial charge in [0, 0.05) is 0 Å². The molecule has 0 spiro atoms. The minimum atomic E-state index is 0.578. The van der Waals surface area contributed by atoms with Gasteiger partial charge in [0.15, 0.2) is 0 Å². The summed E-state index contributed by atoms with van der Waals surface area (Å²) in [6, 6.07) is 8.77. The lowest BCUT2D eigenvalue weighted by atomic mass is 9.80. The van der Waals surface area contributed by atoms with Crippen molar-refractivity contribution in [2.45, 2.75) is 51.4 Å². The summed E-state index contributed by atoms with van der Waals surface area (Å²) >= 11 is 0. The maximum atomic E-state index is 6.06. The standard InChI is InChI=1S/C16H25N/c1-13-8-6-7-11-15(13)16(12-17)14-9-4-2-3-5-10-14/h6-8,11,14,16H,2-5,9-10,12,17H2,1H3. The highest BCUT2D eigenvalue weighted by atomic mass is 14.6. The summed E-state index contributed by atoms with van der Waals surface area (Å²) in [6.45, 7) is 3.02. The Kier molecular flexibility index (Phi) is 4.61. The summed E-state index contributed by atoms with van der Waals surface area (Å²) in [7, 11) is 0. The van der Waals surface area contributed by atoms with Crippen molar-refractivity contribution in [2.75, 3.05) is 6.54 Å². The molecule has 1 aliphatic carbocycles. The molecule has 1 aliphatic rings. The van der Waals surface area contributed by atoms with Crippen LogP contribution >= 0.6 is 0 Å². The first-order valence-corrected chi connectivity index (χ1v) is 7.08. The van der Waals surface area contributed by atoms with Crippen LogP contribution in [0.5, 0.6) is 0 Å². The van der Waals surface area contributed by atoms with E-state index in [2.05, 4.69) is 31.2 Å².